The highest BCUT2D eigenvalue weighted by atomic mass is 127. The van der Waals surface area contributed by atoms with Crippen LogP contribution in [0, 0.1) is 3.57 Å². The molecule has 1 amide bonds. The van der Waals surface area contributed by atoms with Crippen molar-refractivity contribution < 1.29 is 4.79 Å². The number of nitrogens with zero attached hydrogens (tertiary/aromatic N) is 1. The van der Waals surface area contributed by atoms with Gasteiger partial charge in [-0.15, -0.1) is 0 Å². The van der Waals surface area contributed by atoms with Crippen LogP contribution in [0.1, 0.15) is 10.4 Å². The third-order valence-electron chi connectivity index (χ3n) is 2.81. The van der Waals surface area contributed by atoms with Crippen molar-refractivity contribution in [1.29, 1.82) is 0 Å². The zero-order valence-corrected chi connectivity index (χ0v) is 14.9. The fourth-order valence-corrected chi connectivity index (χ4v) is 2.83. The van der Waals surface area contributed by atoms with Crippen molar-refractivity contribution in [3.63, 3.8) is 0 Å². The van der Waals surface area contributed by atoms with Gasteiger partial charge >= 0.3 is 0 Å². The van der Waals surface area contributed by atoms with Gasteiger partial charge < -0.3 is 10.2 Å². The van der Waals surface area contributed by atoms with E-state index in [0.717, 1.165) is 19.4 Å². The first-order valence-electron chi connectivity index (χ1n) is 6.02. The minimum Gasteiger partial charge on any atom is -0.376 e. The molecule has 2 aromatic carbocycles. The van der Waals surface area contributed by atoms with E-state index in [1.807, 2.05) is 61.5 Å². The van der Waals surface area contributed by atoms with Crippen LogP contribution in [0.15, 0.2) is 46.9 Å². The Morgan fingerprint density at radius 3 is 2.55 bits per heavy atom. The Morgan fingerprint density at radius 1 is 1.20 bits per heavy atom. The van der Waals surface area contributed by atoms with E-state index in [9.17, 15) is 4.79 Å². The van der Waals surface area contributed by atoms with Gasteiger partial charge in [0.1, 0.15) is 0 Å². The highest BCUT2D eigenvalue weighted by Gasteiger charge is 2.12. The van der Waals surface area contributed by atoms with Gasteiger partial charge in [-0.3, -0.25) is 4.79 Å². The average Bonchev–Trinajstić information content (AvgIpc) is 2.38. The Kier molecular flexibility index (Phi) is 5.04. The average molecular weight is 445 g/mol. The molecular formula is C15H14BrIN2O. The summed E-state index contributed by atoms with van der Waals surface area (Å²) in [5, 5.41) is 2.97. The minimum absolute atomic E-state index is 0.101. The zero-order chi connectivity index (χ0) is 14.7. The van der Waals surface area contributed by atoms with Crippen molar-refractivity contribution in [2.24, 2.45) is 0 Å². The Balaban J connectivity index is 2.33. The maximum atomic E-state index is 12.4. The number of rotatable bonds is 3. The third kappa shape index (κ3) is 3.52. The molecule has 0 aliphatic heterocycles. The number of amides is 1. The molecule has 3 nitrogen and oxygen atoms in total. The smallest absolute Gasteiger partial charge is 0.256 e. The van der Waals surface area contributed by atoms with E-state index in [-0.39, 0.29) is 5.91 Å². The first kappa shape index (κ1) is 15.3. The number of anilines is 2. The van der Waals surface area contributed by atoms with Crippen molar-refractivity contribution in [3.05, 3.63) is 56.1 Å². The molecule has 5 heteroatoms. The van der Waals surface area contributed by atoms with Gasteiger partial charge in [-0.1, -0.05) is 28.1 Å². The van der Waals surface area contributed by atoms with Crippen LogP contribution in [0.4, 0.5) is 11.4 Å². The molecule has 0 bridgehead atoms. The van der Waals surface area contributed by atoms with Gasteiger partial charge in [-0.2, -0.15) is 0 Å². The molecule has 0 saturated carbocycles. The van der Waals surface area contributed by atoms with E-state index in [2.05, 4.69) is 43.8 Å². The first-order valence-corrected chi connectivity index (χ1v) is 7.89. The lowest BCUT2D eigenvalue weighted by atomic mass is 10.2. The van der Waals surface area contributed by atoms with E-state index >= 15 is 0 Å². The first-order chi connectivity index (χ1) is 9.49. The predicted molar refractivity (Wildman–Crippen MR) is 95.6 cm³/mol. The van der Waals surface area contributed by atoms with E-state index in [1.165, 1.54) is 0 Å². The van der Waals surface area contributed by atoms with Gasteiger partial charge in [-0.05, 0) is 52.9 Å². The van der Waals surface area contributed by atoms with Gasteiger partial charge in [0.05, 0.1) is 16.9 Å². The van der Waals surface area contributed by atoms with Crippen LogP contribution in [0.25, 0.3) is 0 Å². The molecule has 0 radical (unpaired) electrons. The lowest BCUT2D eigenvalue weighted by Gasteiger charge is -2.18. The van der Waals surface area contributed by atoms with Crippen LogP contribution in [0.3, 0.4) is 0 Å². The topological polar surface area (TPSA) is 32.3 Å². The van der Waals surface area contributed by atoms with Crippen molar-refractivity contribution in [1.82, 2.24) is 0 Å². The summed E-state index contributed by atoms with van der Waals surface area (Å²) in [6, 6.07) is 13.4. The van der Waals surface area contributed by atoms with E-state index in [0.29, 0.717) is 5.56 Å². The molecule has 0 aliphatic rings. The summed E-state index contributed by atoms with van der Waals surface area (Å²) in [5.74, 6) is -0.101. The molecule has 0 unspecified atom stereocenters. The predicted octanol–water partition coefficient (Wildman–Crippen LogP) is 4.37. The molecule has 1 N–H and O–H groups in total. The molecule has 20 heavy (non-hydrogen) atoms. The minimum atomic E-state index is -0.101. The Hall–Kier alpha value is -1.08. The second kappa shape index (κ2) is 6.58. The maximum Gasteiger partial charge on any atom is 0.256 e. The van der Waals surface area contributed by atoms with Crippen molar-refractivity contribution >= 4 is 55.8 Å². The summed E-state index contributed by atoms with van der Waals surface area (Å²) in [6.45, 7) is 0. The Bertz CT molecular complexity index is 644. The fraction of sp³-hybridized carbons (Fsp3) is 0.133. The Morgan fingerprint density at radius 2 is 1.90 bits per heavy atom. The van der Waals surface area contributed by atoms with Crippen LogP contribution >= 0.6 is 38.5 Å². The number of carbonyl (C=O) groups excluding carboxylic acids is 1. The third-order valence-corrected chi connectivity index (χ3v) is 4.24. The maximum absolute atomic E-state index is 12.4. The molecule has 2 rings (SSSR count). The standard InChI is InChI=1S/C15H14BrIN2O/c1-19(2)14-8-7-10(16)9-13(14)18-15(20)11-5-3-4-6-12(11)17/h3-9H,1-2H3,(H,18,20). The molecule has 0 saturated heterocycles. The second-order valence-corrected chi connectivity index (χ2v) is 6.57. The number of halogens is 2. The number of hydrogen-bond donors (Lipinski definition) is 1. The van der Waals surface area contributed by atoms with Gasteiger partial charge in [0.2, 0.25) is 0 Å². The number of carbonyl (C=O) groups is 1. The van der Waals surface area contributed by atoms with Gasteiger partial charge in [0.15, 0.2) is 0 Å². The molecular weight excluding hydrogens is 431 g/mol. The SMILES string of the molecule is CN(C)c1ccc(Br)cc1NC(=O)c1ccccc1I. The van der Waals surface area contributed by atoms with E-state index in [1.54, 1.807) is 0 Å². The summed E-state index contributed by atoms with van der Waals surface area (Å²) >= 11 is 5.60. The lowest BCUT2D eigenvalue weighted by molar-refractivity contribution is 0.102. The molecule has 0 aromatic heterocycles. The molecule has 2 aromatic rings. The monoisotopic (exact) mass is 444 g/mol. The summed E-state index contributed by atoms with van der Waals surface area (Å²) in [7, 11) is 3.90. The van der Waals surface area contributed by atoms with Crippen LogP contribution < -0.4 is 10.2 Å². The largest absolute Gasteiger partial charge is 0.376 e. The summed E-state index contributed by atoms with van der Waals surface area (Å²) in [4.78, 5) is 14.3. The molecule has 0 fully saturated rings. The normalized spacial score (nSPS) is 10.2. The van der Waals surface area contributed by atoms with E-state index < -0.39 is 0 Å². The fourth-order valence-electron chi connectivity index (χ4n) is 1.83. The summed E-state index contributed by atoms with van der Waals surface area (Å²) in [5.41, 5.74) is 2.43. The summed E-state index contributed by atoms with van der Waals surface area (Å²) < 4.78 is 1.87. The molecule has 0 atom stereocenters. The van der Waals surface area contributed by atoms with Crippen LogP contribution in [0.2, 0.25) is 0 Å². The quantitative estimate of drug-likeness (QED) is 0.713. The van der Waals surface area contributed by atoms with Crippen molar-refractivity contribution in [2.45, 2.75) is 0 Å². The van der Waals surface area contributed by atoms with Gasteiger partial charge in [0.25, 0.3) is 5.91 Å². The number of benzene rings is 2. The summed E-state index contributed by atoms with van der Waals surface area (Å²) in [6.07, 6.45) is 0. The molecule has 0 heterocycles. The highest BCUT2D eigenvalue weighted by Crippen LogP contribution is 2.28. The molecule has 0 aliphatic carbocycles. The molecule has 0 spiro atoms. The second-order valence-electron chi connectivity index (χ2n) is 4.49. The Labute approximate surface area is 140 Å². The number of nitrogens with one attached hydrogen (secondary N) is 1. The lowest BCUT2D eigenvalue weighted by Crippen LogP contribution is -2.17. The zero-order valence-electron chi connectivity index (χ0n) is 11.2. The van der Waals surface area contributed by atoms with Gasteiger partial charge in [0, 0.05) is 22.1 Å². The van der Waals surface area contributed by atoms with Crippen molar-refractivity contribution in [2.75, 3.05) is 24.3 Å². The molecule has 104 valence electrons. The van der Waals surface area contributed by atoms with Crippen LogP contribution in [-0.4, -0.2) is 20.0 Å². The highest BCUT2D eigenvalue weighted by molar-refractivity contribution is 14.1. The van der Waals surface area contributed by atoms with E-state index in [4.69, 9.17) is 0 Å². The van der Waals surface area contributed by atoms with Crippen LogP contribution in [0.5, 0.6) is 0 Å². The van der Waals surface area contributed by atoms with Crippen molar-refractivity contribution in [3.8, 4) is 0 Å². The van der Waals surface area contributed by atoms with Crippen LogP contribution in [-0.2, 0) is 0 Å². The van der Waals surface area contributed by atoms with Gasteiger partial charge in [-0.25, -0.2) is 0 Å². The number of hydrogen-bond acceptors (Lipinski definition) is 2.